The number of hydrogen-bond donors (Lipinski definition) is 1. The van der Waals surface area contributed by atoms with Gasteiger partial charge in [-0.25, -0.2) is 0 Å². The van der Waals surface area contributed by atoms with Gasteiger partial charge in [0.25, 0.3) is 0 Å². The monoisotopic (exact) mass is 303 g/mol. The number of hydrogen-bond acceptors (Lipinski definition) is 3. The van der Waals surface area contributed by atoms with Crippen molar-refractivity contribution in [3.63, 3.8) is 0 Å². The molecule has 0 aromatic heterocycles. The van der Waals surface area contributed by atoms with Crippen LogP contribution in [0.3, 0.4) is 0 Å². The van der Waals surface area contributed by atoms with Gasteiger partial charge in [0.05, 0.1) is 12.2 Å². The molecule has 120 valence electrons. The van der Waals surface area contributed by atoms with Crippen LogP contribution < -0.4 is 4.74 Å². The third kappa shape index (κ3) is 3.27. The first kappa shape index (κ1) is 15.3. The average Bonchev–Trinajstić information content (AvgIpc) is 3.32. The summed E-state index contributed by atoms with van der Waals surface area (Å²) in [5.74, 6) is 1.57. The van der Waals surface area contributed by atoms with Crippen LogP contribution in [0.4, 0.5) is 0 Å². The molecule has 1 N–H and O–H groups in total. The van der Waals surface area contributed by atoms with E-state index >= 15 is 0 Å². The van der Waals surface area contributed by atoms with Gasteiger partial charge in [-0.2, -0.15) is 0 Å². The predicted octanol–water partition coefficient (Wildman–Crippen LogP) is 2.47. The number of rotatable bonds is 6. The minimum Gasteiger partial charge on any atom is -0.494 e. The Morgan fingerprint density at radius 3 is 2.77 bits per heavy atom. The van der Waals surface area contributed by atoms with E-state index in [9.17, 15) is 9.90 Å². The lowest BCUT2D eigenvalue weighted by atomic mass is 9.88. The Labute approximate surface area is 132 Å². The summed E-state index contributed by atoms with van der Waals surface area (Å²) in [5, 5.41) is 10.7. The van der Waals surface area contributed by atoms with Gasteiger partial charge >= 0.3 is 0 Å². The van der Waals surface area contributed by atoms with Crippen molar-refractivity contribution in [3.05, 3.63) is 30.3 Å². The van der Waals surface area contributed by atoms with E-state index in [0.717, 1.165) is 18.6 Å². The van der Waals surface area contributed by atoms with Gasteiger partial charge in [-0.05, 0) is 37.3 Å². The van der Waals surface area contributed by atoms with Crippen LogP contribution in [0.2, 0.25) is 0 Å². The standard InChI is InChI=1S/C18H25NO3/c1-14-12-19(13-18(14,21)15-9-10-15)17(20)8-5-11-22-16-6-3-2-4-7-16/h2-4,6-7,14-15,21H,5,8-13H2,1H3/t14-,18+/m1/s1. The molecule has 1 amide bonds. The molecule has 2 atom stereocenters. The van der Waals surface area contributed by atoms with Gasteiger partial charge in [0, 0.05) is 25.4 Å². The molecule has 1 aromatic carbocycles. The normalized spacial score (nSPS) is 27.9. The average molecular weight is 303 g/mol. The van der Waals surface area contributed by atoms with Crippen LogP contribution >= 0.6 is 0 Å². The van der Waals surface area contributed by atoms with Crippen LogP contribution in [0, 0.1) is 11.8 Å². The van der Waals surface area contributed by atoms with Gasteiger partial charge in [-0.15, -0.1) is 0 Å². The minimum absolute atomic E-state index is 0.139. The Hall–Kier alpha value is -1.55. The number of para-hydroxylation sites is 1. The number of β-amino-alcohol motifs (C(OH)–C–C–N with tert-alkyl or cyclic N) is 1. The zero-order chi connectivity index (χ0) is 15.6. The van der Waals surface area contributed by atoms with Gasteiger partial charge in [-0.1, -0.05) is 25.1 Å². The first-order valence-corrected chi connectivity index (χ1v) is 8.27. The SMILES string of the molecule is C[C@@H]1CN(C(=O)CCCOc2ccccc2)C[C@@]1(O)C1CC1. The summed E-state index contributed by atoms with van der Waals surface area (Å²) < 4.78 is 5.61. The second kappa shape index (κ2) is 6.29. The summed E-state index contributed by atoms with van der Waals surface area (Å²) in [6, 6.07) is 9.65. The lowest BCUT2D eigenvalue weighted by molar-refractivity contribution is -0.131. The van der Waals surface area contributed by atoms with Crippen molar-refractivity contribution in [1.29, 1.82) is 0 Å². The van der Waals surface area contributed by atoms with E-state index in [4.69, 9.17) is 4.74 Å². The zero-order valence-electron chi connectivity index (χ0n) is 13.2. The molecular weight excluding hydrogens is 278 g/mol. The fraction of sp³-hybridized carbons (Fsp3) is 0.611. The van der Waals surface area contributed by atoms with Gasteiger partial charge in [-0.3, -0.25) is 4.79 Å². The molecular formula is C18H25NO3. The predicted molar refractivity (Wildman–Crippen MR) is 84.6 cm³/mol. The Morgan fingerprint density at radius 1 is 1.36 bits per heavy atom. The molecule has 3 rings (SSSR count). The molecule has 1 aromatic rings. The first-order valence-electron chi connectivity index (χ1n) is 8.27. The zero-order valence-corrected chi connectivity index (χ0v) is 13.2. The summed E-state index contributed by atoms with van der Waals surface area (Å²) in [7, 11) is 0. The maximum Gasteiger partial charge on any atom is 0.222 e. The van der Waals surface area contributed by atoms with Gasteiger partial charge < -0.3 is 14.7 Å². The number of benzene rings is 1. The molecule has 2 aliphatic rings. The van der Waals surface area contributed by atoms with E-state index in [1.807, 2.05) is 35.2 Å². The highest BCUT2D eigenvalue weighted by molar-refractivity contribution is 5.76. The molecule has 22 heavy (non-hydrogen) atoms. The molecule has 4 heteroatoms. The fourth-order valence-electron chi connectivity index (χ4n) is 3.41. The highest BCUT2D eigenvalue weighted by Crippen LogP contribution is 2.47. The maximum atomic E-state index is 12.3. The molecule has 0 unspecified atom stereocenters. The molecule has 4 nitrogen and oxygen atoms in total. The van der Waals surface area contributed by atoms with Crippen molar-refractivity contribution in [2.24, 2.45) is 11.8 Å². The summed E-state index contributed by atoms with van der Waals surface area (Å²) >= 11 is 0. The highest BCUT2D eigenvalue weighted by Gasteiger charge is 2.53. The van der Waals surface area contributed by atoms with Crippen LogP contribution in [0.15, 0.2) is 30.3 Å². The molecule has 2 fully saturated rings. The summed E-state index contributed by atoms with van der Waals surface area (Å²) in [4.78, 5) is 14.1. The van der Waals surface area contributed by atoms with E-state index in [2.05, 4.69) is 6.92 Å². The maximum absolute atomic E-state index is 12.3. The van der Waals surface area contributed by atoms with Gasteiger partial charge in [0.1, 0.15) is 5.75 Å². The molecule has 0 radical (unpaired) electrons. The van der Waals surface area contributed by atoms with E-state index in [1.165, 1.54) is 0 Å². The molecule has 1 aliphatic carbocycles. The van der Waals surface area contributed by atoms with Crippen molar-refractivity contribution in [3.8, 4) is 5.75 Å². The Bertz CT molecular complexity index is 514. The lowest BCUT2D eigenvalue weighted by Crippen LogP contribution is -2.40. The summed E-state index contributed by atoms with van der Waals surface area (Å²) in [6.07, 6.45) is 3.41. The first-order chi connectivity index (χ1) is 10.6. The Kier molecular flexibility index (Phi) is 4.39. The molecule has 1 saturated carbocycles. The number of likely N-dealkylation sites (tertiary alicyclic amines) is 1. The largest absolute Gasteiger partial charge is 0.494 e. The number of carbonyl (C=O) groups is 1. The molecule has 1 saturated heterocycles. The Balaban J connectivity index is 1.41. The van der Waals surface area contributed by atoms with E-state index in [-0.39, 0.29) is 11.8 Å². The van der Waals surface area contributed by atoms with Crippen LogP contribution in [0.5, 0.6) is 5.75 Å². The van der Waals surface area contributed by atoms with E-state index in [0.29, 0.717) is 38.5 Å². The van der Waals surface area contributed by atoms with Crippen molar-refractivity contribution >= 4 is 5.91 Å². The second-order valence-corrected chi connectivity index (χ2v) is 6.71. The van der Waals surface area contributed by atoms with Crippen molar-refractivity contribution in [2.45, 2.75) is 38.2 Å². The number of amides is 1. The quantitative estimate of drug-likeness (QED) is 0.821. The van der Waals surface area contributed by atoms with Gasteiger partial charge in [0.15, 0.2) is 0 Å². The molecule has 0 bridgehead atoms. The van der Waals surface area contributed by atoms with Crippen molar-refractivity contribution in [2.75, 3.05) is 19.7 Å². The van der Waals surface area contributed by atoms with Crippen LogP contribution in [-0.4, -0.2) is 41.2 Å². The van der Waals surface area contributed by atoms with Crippen LogP contribution in [0.25, 0.3) is 0 Å². The number of carbonyl (C=O) groups excluding carboxylic acids is 1. The van der Waals surface area contributed by atoms with E-state index < -0.39 is 5.60 Å². The van der Waals surface area contributed by atoms with E-state index in [1.54, 1.807) is 0 Å². The molecule has 1 heterocycles. The summed E-state index contributed by atoms with van der Waals surface area (Å²) in [5.41, 5.74) is -0.643. The van der Waals surface area contributed by atoms with Gasteiger partial charge in [0.2, 0.25) is 5.91 Å². The van der Waals surface area contributed by atoms with Crippen LogP contribution in [0.1, 0.15) is 32.6 Å². The number of aliphatic hydroxyl groups is 1. The Morgan fingerprint density at radius 2 is 2.09 bits per heavy atom. The minimum atomic E-state index is -0.643. The third-order valence-electron chi connectivity index (χ3n) is 4.98. The second-order valence-electron chi connectivity index (χ2n) is 6.71. The molecule has 0 spiro atoms. The lowest BCUT2D eigenvalue weighted by Gasteiger charge is -2.26. The topological polar surface area (TPSA) is 49.8 Å². The number of nitrogens with zero attached hydrogens (tertiary/aromatic N) is 1. The third-order valence-corrected chi connectivity index (χ3v) is 4.98. The van der Waals surface area contributed by atoms with Crippen LogP contribution in [-0.2, 0) is 4.79 Å². The smallest absolute Gasteiger partial charge is 0.222 e. The fourth-order valence-corrected chi connectivity index (χ4v) is 3.41. The van der Waals surface area contributed by atoms with Crippen molar-refractivity contribution in [1.82, 2.24) is 4.90 Å². The molecule has 1 aliphatic heterocycles. The number of ether oxygens (including phenoxy) is 1. The summed E-state index contributed by atoms with van der Waals surface area (Å²) in [6.45, 7) is 3.80. The van der Waals surface area contributed by atoms with Crippen molar-refractivity contribution < 1.29 is 14.6 Å². The highest BCUT2D eigenvalue weighted by atomic mass is 16.5.